The summed E-state index contributed by atoms with van der Waals surface area (Å²) in [7, 11) is 1.90. The van der Waals surface area contributed by atoms with Crippen molar-refractivity contribution in [1.82, 2.24) is 4.90 Å². The largest absolute Gasteiger partial charge is 0.338 e. The van der Waals surface area contributed by atoms with Crippen molar-refractivity contribution in [2.45, 2.75) is 25.8 Å². The molecule has 0 radical (unpaired) electrons. The molecule has 0 aliphatic carbocycles. The van der Waals surface area contributed by atoms with E-state index in [2.05, 4.69) is 24.3 Å². The zero-order valence-corrected chi connectivity index (χ0v) is 12.1. The number of carbonyl (C=O) groups excluding carboxylic acids is 1. The number of likely N-dealkylation sites (N-methyl/N-ethyl adjacent to an activating group) is 1. The second kappa shape index (κ2) is 6.90. The lowest BCUT2D eigenvalue weighted by Gasteiger charge is -2.28. The summed E-state index contributed by atoms with van der Waals surface area (Å²) in [5, 5.41) is 0. The van der Waals surface area contributed by atoms with E-state index in [1.807, 2.05) is 55.3 Å². The molecule has 0 bridgehead atoms. The molecule has 0 saturated heterocycles. The zero-order valence-electron chi connectivity index (χ0n) is 12.1. The van der Waals surface area contributed by atoms with Gasteiger partial charge in [0.1, 0.15) is 0 Å². The lowest BCUT2D eigenvalue weighted by molar-refractivity contribution is -0.131. The first-order chi connectivity index (χ1) is 9.72. The first-order valence-corrected chi connectivity index (χ1v) is 7.07. The highest BCUT2D eigenvalue weighted by Gasteiger charge is 2.20. The van der Waals surface area contributed by atoms with Gasteiger partial charge in [0.25, 0.3) is 0 Å². The molecule has 1 amide bonds. The minimum Gasteiger partial charge on any atom is -0.338 e. The van der Waals surface area contributed by atoms with Crippen molar-refractivity contribution in [3.05, 3.63) is 71.8 Å². The summed E-state index contributed by atoms with van der Waals surface area (Å²) in [6, 6.07) is 20.6. The Kier molecular flexibility index (Phi) is 4.94. The molecule has 2 heteroatoms. The normalized spacial score (nSPS) is 11.9. The Morgan fingerprint density at radius 1 is 1.00 bits per heavy atom. The maximum atomic E-state index is 12.0. The van der Waals surface area contributed by atoms with Gasteiger partial charge in [-0.2, -0.15) is 0 Å². The minimum absolute atomic E-state index is 0.0889. The first-order valence-electron chi connectivity index (χ1n) is 7.07. The molecular weight excluding hydrogens is 246 g/mol. The Bertz CT molecular complexity index is 536. The average molecular weight is 267 g/mol. The number of nitrogens with zero attached hydrogens (tertiary/aromatic N) is 1. The molecule has 2 rings (SSSR count). The van der Waals surface area contributed by atoms with Gasteiger partial charge in [-0.3, -0.25) is 4.79 Å². The average Bonchev–Trinajstić information content (AvgIpc) is 2.53. The van der Waals surface area contributed by atoms with Gasteiger partial charge in [-0.15, -0.1) is 0 Å². The van der Waals surface area contributed by atoms with Gasteiger partial charge in [0.05, 0.1) is 6.04 Å². The van der Waals surface area contributed by atoms with Crippen molar-refractivity contribution >= 4 is 5.91 Å². The molecule has 104 valence electrons. The van der Waals surface area contributed by atoms with Crippen molar-refractivity contribution < 1.29 is 4.79 Å². The topological polar surface area (TPSA) is 20.3 Å². The summed E-state index contributed by atoms with van der Waals surface area (Å²) in [6.07, 6.45) is 1.38. The van der Waals surface area contributed by atoms with E-state index in [1.54, 1.807) is 0 Å². The second-order valence-corrected chi connectivity index (χ2v) is 4.97. The van der Waals surface area contributed by atoms with E-state index in [0.717, 1.165) is 6.42 Å². The third kappa shape index (κ3) is 3.47. The second-order valence-electron chi connectivity index (χ2n) is 4.97. The molecule has 0 aliphatic rings. The van der Waals surface area contributed by atoms with Crippen LogP contribution in [-0.2, 0) is 11.2 Å². The van der Waals surface area contributed by atoms with Crippen LogP contribution in [0.5, 0.6) is 0 Å². The maximum absolute atomic E-state index is 12.0. The van der Waals surface area contributed by atoms with E-state index < -0.39 is 0 Å². The van der Waals surface area contributed by atoms with Gasteiger partial charge in [-0.25, -0.2) is 0 Å². The van der Waals surface area contributed by atoms with Crippen LogP contribution >= 0.6 is 0 Å². The van der Waals surface area contributed by atoms with Crippen LogP contribution in [0.2, 0.25) is 0 Å². The Morgan fingerprint density at radius 2 is 1.55 bits per heavy atom. The van der Waals surface area contributed by atoms with Crippen molar-refractivity contribution in [2.75, 3.05) is 7.05 Å². The zero-order chi connectivity index (χ0) is 14.4. The molecule has 2 aromatic rings. The first kappa shape index (κ1) is 14.3. The molecule has 0 fully saturated rings. The highest BCUT2D eigenvalue weighted by Crippen LogP contribution is 2.24. The van der Waals surface area contributed by atoms with E-state index in [-0.39, 0.29) is 11.9 Å². The van der Waals surface area contributed by atoms with Crippen molar-refractivity contribution in [3.63, 3.8) is 0 Å². The SMILES string of the molecule is CCC(=O)N(C)C(Cc1ccccc1)c1ccccc1. The van der Waals surface area contributed by atoms with Crippen LogP contribution in [-0.4, -0.2) is 17.9 Å². The van der Waals surface area contributed by atoms with Gasteiger partial charge < -0.3 is 4.90 Å². The van der Waals surface area contributed by atoms with Crippen LogP contribution in [0.25, 0.3) is 0 Å². The van der Waals surface area contributed by atoms with E-state index in [9.17, 15) is 4.79 Å². The van der Waals surface area contributed by atoms with E-state index in [4.69, 9.17) is 0 Å². The highest BCUT2D eigenvalue weighted by atomic mass is 16.2. The Balaban J connectivity index is 2.27. The number of hydrogen-bond acceptors (Lipinski definition) is 1. The molecule has 0 aromatic heterocycles. The summed E-state index contributed by atoms with van der Waals surface area (Å²) >= 11 is 0. The lowest BCUT2D eigenvalue weighted by Crippen LogP contribution is -2.31. The molecule has 0 aliphatic heterocycles. The molecule has 20 heavy (non-hydrogen) atoms. The summed E-state index contributed by atoms with van der Waals surface area (Å²) < 4.78 is 0. The van der Waals surface area contributed by atoms with Crippen LogP contribution in [0, 0.1) is 0 Å². The molecule has 2 aromatic carbocycles. The third-order valence-corrected chi connectivity index (χ3v) is 3.62. The predicted octanol–water partition coefficient (Wildman–Crippen LogP) is 3.84. The van der Waals surface area contributed by atoms with Gasteiger partial charge in [0.15, 0.2) is 0 Å². The Labute approximate surface area is 121 Å². The minimum atomic E-state index is 0.0889. The van der Waals surface area contributed by atoms with Crippen LogP contribution in [0.1, 0.15) is 30.5 Å². The van der Waals surface area contributed by atoms with Crippen LogP contribution < -0.4 is 0 Å². The summed E-state index contributed by atoms with van der Waals surface area (Å²) in [5.41, 5.74) is 2.43. The molecule has 1 unspecified atom stereocenters. The number of rotatable bonds is 5. The lowest BCUT2D eigenvalue weighted by atomic mass is 9.97. The summed E-state index contributed by atoms with van der Waals surface area (Å²) in [5.74, 6) is 0.176. The summed E-state index contributed by atoms with van der Waals surface area (Å²) in [4.78, 5) is 13.9. The fraction of sp³-hybridized carbons (Fsp3) is 0.278. The van der Waals surface area contributed by atoms with E-state index >= 15 is 0 Å². The van der Waals surface area contributed by atoms with Crippen molar-refractivity contribution in [1.29, 1.82) is 0 Å². The van der Waals surface area contributed by atoms with Crippen LogP contribution in [0.15, 0.2) is 60.7 Å². The van der Waals surface area contributed by atoms with Gasteiger partial charge in [-0.05, 0) is 17.5 Å². The van der Waals surface area contributed by atoms with Gasteiger partial charge >= 0.3 is 0 Å². The smallest absolute Gasteiger partial charge is 0.222 e. The summed E-state index contributed by atoms with van der Waals surface area (Å²) in [6.45, 7) is 1.91. The fourth-order valence-electron chi connectivity index (χ4n) is 2.41. The molecule has 0 N–H and O–H groups in total. The Morgan fingerprint density at radius 3 is 2.10 bits per heavy atom. The number of hydrogen-bond donors (Lipinski definition) is 0. The molecule has 0 spiro atoms. The van der Waals surface area contributed by atoms with Crippen molar-refractivity contribution in [2.24, 2.45) is 0 Å². The Hall–Kier alpha value is -2.09. The number of benzene rings is 2. The van der Waals surface area contributed by atoms with Crippen LogP contribution in [0.4, 0.5) is 0 Å². The van der Waals surface area contributed by atoms with E-state index in [0.29, 0.717) is 6.42 Å². The maximum Gasteiger partial charge on any atom is 0.222 e. The molecule has 2 nitrogen and oxygen atoms in total. The van der Waals surface area contributed by atoms with Gasteiger partial charge in [0, 0.05) is 13.5 Å². The standard InChI is InChI=1S/C18H21NO/c1-3-18(20)19(2)17(16-12-8-5-9-13-16)14-15-10-6-4-7-11-15/h4-13,17H,3,14H2,1-2H3. The van der Waals surface area contributed by atoms with Gasteiger partial charge in [-0.1, -0.05) is 67.6 Å². The molecular formula is C18H21NO. The molecule has 0 heterocycles. The molecule has 1 atom stereocenters. The monoisotopic (exact) mass is 267 g/mol. The third-order valence-electron chi connectivity index (χ3n) is 3.62. The van der Waals surface area contributed by atoms with E-state index in [1.165, 1.54) is 11.1 Å². The highest BCUT2D eigenvalue weighted by molar-refractivity contribution is 5.76. The quantitative estimate of drug-likeness (QED) is 0.806. The van der Waals surface area contributed by atoms with Crippen LogP contribution in [0.3, 0.4) is 0 Å². The fourth-order valence-corrected chi connectivity index (χ4v) is 2.41. The predicted molar refractivity (Wildman–Crippen MR) is 82.4 cm³/mol. The van der Waals surface area contributed by atoms with Crippen molar-refractivity contribution in [3.8, 4) is 0 Å². The number of carbonyl (C=O) groups is 1. The van der Waals surface area contributed by atoms with Gasteiger partial charge in [0.2, 0.25) is 5.91 Å². The number of amides is 1. The molecule has 0 saturated carbocycles.